The summed E-state index contributed by atoms with van der Waals surface area (Å²) in [7, 11) is 0. The second kappa shape index (κ2) is 5.71. The fraction of sp³-hybridized carbons (Fsp3) is 0.118. The van der Waals surface area contributed by atoms with E-state index in [2.05, 4.69) is 35.2 Å². The molecule has 4 nitrogen and oxygen atoms in total. The van der Waals surface area contributed by atoms with Crippen LogP contribution in [0, 0.1) is 6.92 Å². The Morgan fingerprint density at radius 3 is 2.81 bits per heavy atom. The molecule has 0 aliphatic heterocycles. The minimum absolute atomic E-state index is 0.557. The lowest BCUT2D eigenvalue weighted by Gasteiger charge is -2.03. The van der Waals surface area contributed by atoms with Gasteiger partial charge in [-0.15, -0.1) is 0 Å². The molecule has 0 unspecified atom stereocenters. The lowest BCUT2D eigenvalue weighted by molar-refractivity contribution is 0.112. The standard InChI is InChI=1S/C17H15N3O/c1-13-5-4-6-14(9-13)10-20-11-15(12-21)17(19-20)16-7-2-3-8-18-16/h2-9,11-12H,10H2,1H3. The van der Waals surface area contributed by atoms with Gasteiger partial charge in [0.15, 0.2) is 6.29 Å². The van der Waals surface area contributed by atoms with Gasteiger partial charge in [0, 0.05) is 12.4 Å². The van der Waals surface area contributed by atoms with Gasteiger partial charge in [0.05, 0.1) is 17.8 Å². The van der Waals surface area contributed by atoms with Crippen LogP contribution in [0.1, 0.15) is 21.5 Å². The third-order valence-corrected chi connectivity index (χ3v) is 3.25. The van der Waals surface area contributed by atoms with Gasteiger partial charge in [-0.25, -0.2) is 0 Å². The first-order chi connectivity index (χ1) is 10.3. The Kier molecular flexibility index (Phi) is 3.60. The van der Waals surface area contributed by atoms with Crippen molar-refractivity contribution in [2.24, 2.45) is 0 Å². The lowest BCUT2D eigenvalue weighted by Crippen LogP contribution is -2.00. The Morgan fingerprint density at radius 2 is 2.10 bits per heavy atom. The zero-order valence-corrected chi connectivity index (χ0v) is 11.7. The molecule has 0 N–H and O–H groups in total. The van der Waals surface area contributed by atoms with Crippen molar-refractivity contribution >= 4 is 6.29 Å². The molecule has 0 bridgehead atoms. The van der Waals surface area contributed by atoms with E-state index in [-0.39, 0.29) is 0 Å². The number of aldehydes is 1. The van der Waals surface area contributed by atoms with Crippen LogP contribution in [0.15, 0.2) is 54.9 Å². The molecule has 4 heteroatoms. The van der Waals surface area contributed by atoms with Gasteiger partial charge in [-0.05, 0) is 24.6 Å². The first-order valence-corrected chi connectivity index (χ1v) is 6.76. The Balaban J connectivity index is 1.95. The number of nitrogens with zero attached hydrogens (tertiary/aromatic N) is 3. The van der Waals surface area contributed by atoms with Crippen molar-refractivity contribution < 1.29 is 4.79 Å². The van der Waals surface area contributed by atoms with Crippen LogP contribution in [-0.4, -0.2) is 21.1 Å². The van der Waals surface area contributed by atoms with E-state index in [1.54, 1.807) is 17.1 Å². The van der Waals surface area contributed by atoms with Crippen LogP contribution in [0.3, 0.4) is 0 Å². The highest BCUT2D eigenvalue weighted by Crippen LogP contribution is 2.18. The molecule has 0 saturated heterocycles. The first kappa shape index (κ1) is 13.2. The molecular weight excluding hydrogens is 262 g/mol. The SMILES string of the molecule is Cc1cccc(Cn2cc(C=O)c(-c3ccccn3)n2)c1. The van der Waals surface area contributed by atoms with E-state index in [1.165, 1.54) is 5.56 Å². The van der Waals surface area contributed by atoms with E-state index in [0.717, 1.165) is 11.8 Å². The van der Waals surface area contributed by atoms with E-state index in [1.807, 2.05) is 24.3 Å². The van der Waals surface area contributed by atoms with Crippen LogP contribution in [0.25, 0.3) is 11.4 Å². The minimum Gasteiger partial charge on any atom is -0.298 e. The van der Waals surface area contributed by atoms with E-state index >= 15 is 0 Å². The highest BCUT2D eigenvalue weighted by atomic mass is 16.1. The van der Waals surface area contributed by atoms with E-state index in [4.69, 9.17) is 0 Å². The molecule has 0 radical (unpaired) electrons. The quantitative estimate of drug-likeness (QED) is 0.688. The third kappa shape index (κ3) is 2.89. The van der Waals surface area contributed by atoms with Gasteiger partial charge in [-0.3, -0.25) is 14.5 Å². The van der Waals surface area contributed by atoms with Gasteiger partial charge in [-0.2, -0.15) is 5.10 Å². The molecule has 3 rings (SSSR count). The molecule has 0 amide bonds. The molecule has 2 heterocycles. The van der Waals surface area contributed by atoms with Crippen LogP contribution in [0.4, 0.5) is 0 Å². The van der Waals surface area contributed by atoms with Crippen LogP contribution in [0.5, 0.6) is 0 Å². The van der Waals surface area contributed by atoms with E-state index in [9.17, 15) is 4.79 Å². The highest BCUT2D eigenvalue weighted by Gasteiger charge is 2.11. The number of aryl methyl sites for hydroxylation is 1. The van der Waals surface area contributed by atoms with Gasteiger partial charge in [0.1, 0.15) is 5.69 Å². The van der Waals surface area contributed by atoms with Gasteiger partial charge >= 0.3 is 0 Å². The van der Waals surface area contributed by atoms with E-state index in [0.29, 0.717) is 23.5 Å². The van der Waals surface area contributed by atoms with Crippen molar-refractivity contribution in [3.8, 4) is 11.4 Å². The Bertz CT molecular complexity index is 763. The summed E-state index contributed by atoms with van der Waals surface area (Å²) >= 11 is 0. The van der Waals surface area contributed by atoms with Crippen LogP contribution in [0.2, 0.25) is 0 Å². The Hall–Kier alpha value is -2.75. The molecule has 3 aromatic rings. The van der Waals surface area contributed by atoms with E-state index < -0.39 is 0 Å². The van der Waals surface area contributed by atoms with Crippen LogP contribution in [-0.2, 0) is 6.54 Å². The number of rotatable bonds is 4. The summed E-state index contributed by atoms with van der Waals surface area (Å²) in [6.07, 6.45) is 4.28. The average molecular weight is 277 g/mol. The maximum atomic E-state index is 11.2. The summed E-state index contributed by atoms with van der Waals surface area (Å²) in [5, 5.41) is 4.50. The Morgan fingerprint density at radius 1 is 1.19 bits per heavy atom. The second-order valence-corrected chi connectivity index (χ2v) is 4.95. The molecule has 0 aliphatic carbocycles. The predicted octanol–water partition coefficient (Wildman–Crippen LogP) is 3.11. The van der Waals surface area contributed by atoms with Crippen molar-refractivity contribution in [1.82, 2.24) is 14.8 Å². The molecular formula is C17H15N3O. The number of pyridine rings is 1. The maximum Gasteiger partial charge on any atom is 0.153 e. The topological polar surface area (TPSA) is 47.8 Å². The van der Waals surface area contributed by atoms with Gasteiger partial charge in [-0.1, -0.05) is 35.9 Å². The number of carbonyl (C=O) groups is 1. The number of hydrogen-bond acceptors (Lipinski definition) is 3. The molecule has 21 heavy (non-hydrogen) atoms. The van der Waals surface area contributed by atoms with Gasteiger partial charge < -0.3 is 0 Å². The fourth-order valence-electron chi connectivity index (χ4n) is 2.30. The number of aromatic nitrogens is 3. The summed E-state index contributed by atoms with van der Waals surface area (Å²) < 4.78 is 1.78. The van der Waals surface area contributed by atoms with Crippen LogP contribution >= 0.6 is 0 Å². The molecule has 2 aromatic heterocycles. The number of benzene rings is 1. The van der Waals surface area contributed by atoms with Crippen LogP contribution < -0.4 is 0 Å². The minimum atomic E-state index is 0.557. The summed E-state index contributed by atoms with van der Waals surface area (Å²) in [5.41, 5.74) is 4.25. The molecule has 0 fully saturated rings. The van der Waals surface area contributed by atoms with Crippen molar-refractivity contribution in [2.45, 2.75) is 13.5 Å². The highest BCUT2D eigenvalue weighted by molar-refractivity contribution is 5.84. The maximum absolute atomic E-state index is 11.2. The zero-order valence-electron chi connectivity index (χ0n) is 11.7. The largest absolute Gasteiger partial charge is 0.298 e. The molecule has 1 aromatic carbocycles. The summed E-state index contributed by atoms with van der Waals surface area (Å²) in [6.45, 7) is 2.69. The predicted molar refractivity (Wildman–Crippen MR) is 81.1 cm³/mol. The Labute approximate surface area is 123 Å². The molecule has 0 spiro atoms. The van der Waals surface area contributed by atoms with Gasteiger partial charge in [0.25, 0.3) is 0 Å². The fourth-order valence-corrected chi connectivity index (χ4v) is 2.30. The van der Waals surface area contributed by atoms with Gasteiger partial charge in [0.2, 0.25) is 0 Å². The normalized spacial score (nSPS) is 10.5. The van der Waals surface area contributed by atoms with Crippen molar-refractivity contribution in [2.75, 3.05) is 0 Å². The first-order valence-electron chi connectivity index (χ1n) is 6.76. The monoisotopic (exact) mass is 277 g/mol. The molecule has 0 aliphatic rings. The number of carbonyl (C=O) groups excluding carboxylic acids is 1. The average Bonchev–Trinajstić information content (AvgIpc) is 2.91. The molecule has 0 saturated carbocycles. The summed E-state index contributed by atoms with van der Waals surface area (Å²) in [6, 6.07) is 13.8. The summed E-state index contributed by atoms with van der Waals surface area (Å²) in [5.74, 6) is 0. The van der Waals surface area contributed by atoms with Crippen molar-refractivity contribution in [3.05, 3.63) is 71.5 Å². The van der Waals surface area contributed by atoms with Crippen molar-refractivity contribution in [3.63, 3.8) is 0 Å². The number of hydrogen-bond donors (Lipinski definition) is 0. The second-order valence-electron chi connectivity index (χ2n) is 4.95. The molecule has 104 valence electrons. The zero-order chi connectivity index (χ0) is 14.7. The summed E-state index contributed by atoms with van der Waals surface area (Å²) in [4.78, 5) is 15.5. The van der Waals surface area contributed by atoms with Crippen molar-refractivity contribution in [1.29, 1.82) is 0 Å². The lowest BCUT2D eigenvalue weighted by atomic mass is 10.1. The third-order valence-electron chi connectivity index (χ3n) is 3.25. The smallest absolute Gasteiger partial charge is 0.153 e. The molecule has 0 atom stereocenters.